The second-order valence-electron chi connectivity index (χ2n) is 10.2. The third kappa shape index (κ3) is 7.79. The van der Waals surface area contributed by atoms with Crippen molar-refractivity contribution >= 4 is 39.7 Å². The van der Waals surface area contributed by atoms with Gasteiger partial charge < -0.3 is 15.5 Å². The van der Waals surface area contributed by atoms with E-state index in [1.807, 2.05) is 0 Å². The molecule has 0 radical (unpaired) electrons. The van der Waals surface area contributed by atoms with Gasteiger partial charge in [-0.15, -0.1) is 0 Å². The Morgan fingerprint density at radius 3 is 1.98 bits per heavy atom. The van der Waals surface area contributed by atoms with Crippen molar-refractivity contribution in [3.05, 3.63) is 108 Å². The van der Waals surface area contributed by atoms with Gasteiger partial charge in [0.25, 0.3) is 0 Å². The molecule has 17 heteroatoms. The number of hydrogen-bond donors (Lipinski definition) is 2. The Kier molecular flexibility index (Phi) is 9.76. The fraction of sp³-hybridized carbons (Fsp3) is 0.194. The second kappa shape index (κ2) is 13.9. The summed E-state index contributed by atoms with van der Waals surface area (Å²) in [6, 6.07) is 12.5. The van der Waals surface area contributed by atoms with Gasteiger partial charge in [0, 0.05) is 56.9 Å². The minimum absolute atomic E-state index is 0.0469. The fourth-order valence-electron chi connectivity index (χ4n) is 4.51. The zero-order valence-corrected chi connectivity index (χ0v) is 25.1. The highest BCUT2D eigenvalue weighted by Crippen LogP contribution is 2.34. The Labute approximate surface area is 268 Å². The van der Waals surface area contributed by atoms with Gasteiger partial charge in [0.05, 0.1) is 16.3 Å². The van der Waals surface area contributed by atoms with E-state index in [1.165, 1.54) is 18.5 Å². The lowest BCUT2D eigenvalue weighted by atomic mass is 10.1. The summed E-state index contributed by atoms with van der Waals surface area (Å²) in [7, 11) is 3.46. The molecule has 48 heavy (non-hydrogen) atoms. The largest absolute Gasteiger partial charge is 0.433 e. The first-order valence-corrected chi connectivity index (χ1v) is 14.0. The van der Waals surface area contributed by atoms with Crippen LogP contribution in [0.25, 0.3) is 22.1 Å². The number of alkyl halides is 6. The SMILES string of the molecule is CN(C)c1nc(NCc2c(F)cccc2C(F)(F)F)c2cccnc2n1.FC(F)(F)c1ncccc1CNc1ncnc2ncccc12. The smallest absolute Gasteiger partial charge is 0.365 e. The van der Waals surface area contributed by atoms with Crippen LogP contribution < -0.4 is 15.5 Å². The molecule has 0 unspecified atom stereocenters. The van der Waals surface area contributed by atoms with E-state index in [4.69, 9.17) is 0 Å². The summed E-state index contributed by atoms with van der Waals surface area (Å²) < 4.78 is 92.1. The van der Waals surface area contributed by atoms with Crippen molar-refractivity contribution in [3.63, 3.8) is 0 Å². The van der Waals surface area contributed by atoms with Crippen molar-refractivity contribution in [3.8, 4) is 0 Å². The molecule has 6 rings (SSSR count). The molecule has 0 aliphatic heterocycles. The lowest BCUT2D eigenvalue weighted by molar-refractivity contribution is -0.142. The maximum atomic E-state index is 14.0. The van der Waals surface area contributed by atoms with Crippen LogP contribution in [0.4, 0.5) is 48.3 Å². The molecule has 5 aromatic heterocycles. The summed E-state index contributed by atoms with van der Waals surface area (Å²) in [5.74, 6) is 0.109. The Hall–Kier alpha value is -5.74. The van der Waals surface area contributed by atoms with Gasteiger partial charge in [0.2, 0.25) is 5.95 Å². The molecule has 2 N–H and O–H groups in total. The third-order valence-electron chi connectivity index (χ3n) is 6.73. The molecule has 0 aliphatic rings. The van der Waals surface area contributed by atoms with Crippen molar-refractivity contribution in [2.75, 3.05) is 29.6 Å². The van der Waals surface area contributed by atoms with Gasteiger partial charge in [-0.2, -0.15) is 36.3 Å². The predicted octanol–water partition coefficient (Wildman–Crippen LogP) is 6.91. The minimum Gasteiger partial charge on any atom is -0.365 e. The first-order valence-electron chi connectivity index (χ1n) is 14.0. The summed E-state index contributed by atoms with van der Waals surface area (Å²) in [6.45, 7) is -0.431. The van der Waals surface area contributed by atoms with E-state index >= 15 is 0 Å². The number of rotatable bonds is 7. The number of halogens is 7. The van der Waals surface area contributed by atoms with Gasteiger partial charge in [-0.3, -0.25) is 4.98 Å². The van der Waals surface area contributed by atoms with Crippen LogP contribution in [0, 0.1) is 5.82 Å². The third-order valence-corrected chi connectivity index (χ3v) is 6.73. The van der Waals surface area contributed by atoms with Crippen molar-refractivity contribution in [1.82, 2.24) is 34.9 Å². The molecule has 0 aliphatic carbocycles. The molecule has 1 aromatic carbocycles. The number of anilines is 3. The highest BCUT2D eigenvalue weighted by molar-refractivity contribution is 5.87. The second-order valence-corrected chi connectivity index (χ2v) is 10.2. The molecule has 5 heterocycles. The molecule has 10 nitrogen and oxygen atoms in total. The number of hydrogen-bond acceptors (Lipinski definition) is 10. The molecule has 6 aromatic rings. The van der Waals surface area contributed by atoms with Crippen LogP contribution >= 0.6 is 0 Å². The predicted molar refractivity (Wildman–Crippen MR) is 164 cm³/mol. The average molecular weight is 671 g/mol. The van der Waals surface area contributed by atoms with Gasteiger partial charge in [0.15, 0.2) is 11.3 Å². The van der Waals surface area contributed by atoms with Crippen LogP contribution in [0.2, 0.25) is 0 Å². The summed E-state index contributed by atoms with van der Waals surface area (Å²) in [6.07, 6.45) is -3.57. The molecular formula is C31H25F7N10. The summed E-state index contributed by atoms with van der Waals surface area (Å²) in [5, 5.41) is 6.85. The first-order chi connectivity index (χ1) is 22.8. The van der Waals surface area contributed by atoms with E-state index < -0.39 is 35.0 Å². The van der Waals surface area contributed by atoms with E-state index in [1.54, 1.807) is 55.7 Å². The quantitative estimate of drug-likeness (QED) is 0.174. The number of benzene rings is 1. The van der Waals surface area contributed by atoms with Crippen molar-refractivity contribution < 1.29 is 30.7 Å². The van der Waals surface area contributed by atoms with E-state index in [-0.39, 0.29) is 24.5 Å². The Balaban J connectivity index is 0.000000190. The zero-order chi connectivity index (χ0) is 34.5. The molecule has 0 atom stereocenters. The van der Waals surface area contributed by atoms with Gasteiger partial charge in [-0.05, 0) is 42.5 Å². The van der Waals surface area contributed by atoms with Crippen LogP contribution in [-0.2, 0) is 25.4 Å². The van der Waals surface area contributed by atoms with Crippen molar-refractivity contribution in [2.24, 2.45) is 0 Å². The summed E-state index contributed by atoms with van der Waals surface area (Å²) in [5.41, 5.74) is -1.48. The lowest BCUT2D eigenvalue weighted by Gasteiger charge is -2.16. The molecule has 0 amide bonds. The molecule has 248 valence electrons. The van der Waals surface area contributed by atoms with E-state index in [9.17, 15) is 30.7 Å². The maximum Gasteiger partial charge on any atom is 0.433 e. The normalized spacial score (nSPS) is 11.6. The number of nitrogens with one attached hydrogen (secondary N) is 2. The van der Waals surface area contributed by atoms with Crippen molar-refractivity contribution in [1.29, 1.82) is 0 Å². The fourth-order valence-corrected chi connectivity index (χ4v) is 4.51. The van der Waals surface area contributed by atoms with Crippen LogP contribution in [0.15, 0.2) is 79.5 Å². The molecular weight excluding hydrogens is 645 g/mol. The number of pyridine rings is 3. The zero-order valence-electron chi connectivity index (χ0n) is 25.1. The summed E-state index contributed by atoms with van der Waals surface area (Å²) in [4.78, 5) is 29.9. The molecule has 0 saturated carbocycles. The van der Waals surface area contributed by atoms with Crippen LogP contribution in [0.5, 0.6) is 0 Å². The Morgan fingerprint density at radius 1 is 0.646 bits per heavy atom. The van der Waals surface area contributed by atoms with Gasteiger partial charge in [0.1, 0.15) is 29.5 Å². The van der Waals surface area contributed by atoms with Crippen LogP contribution in [-0.4, -0.2) is 49.0 Å². The molecule has 0 fully saturated rings. The monoisotopic (exact) mass is 670 g/mol. The summed E-state index contributed by atoms with van der Waals surface area (Å²) >= 11 is 0. The van der Waals surface area contributed by atoms with Crippen LogP contribution in [0.1, 0.15) is 22.4 Å². The van der Waals surface area contributed by atoms with Crippen LogP contribution in [0.3, 0.4) is 0 Å². The maximum absolute atomic E-state index is 14.0. The Bertz CT molecular complexity index is 2030. The highest BCUT2D eigenvalue weighted by atomic mass is 19.4. The number of fused-ring (bicyclic) bond motifs is 2. The average Bonchev–Trinajstić information content (AvgIpc) is 3.06. The Morgan fingerprint density at radius 2 is 1.29 bits per heavy atom. The van der Waals surface area contributed by atoms with Gasteiger partial charge >= 0.3 is 12.4 Å². The molecule has 0 bridgehead atoms. The molecule has 0 saturated heterocycles. The number of nitrogens with zero attached hydrogens (tertiary/aromatic N) is 8. The van der Waals surface area contributed by atoms with Crippen molar-refractivity contribution in [2.45, 2.75) is 25.4 Å². The highest BCUT2D eigenvalue weighted by Gasteiger charge is 2.35. The van der Waals surface area contributed by atoms with E-state index in [0.717, 1.165) is 24.4 Å². The standard InChI is InChI=1S/C17H15F4N5.C14H10F3N5/c1-26(2)16-24-14-10(5-4-8-22-14)15(25-16)23-9-11-12(17(19,20)21)6-3-7-13(11)18;15-14(16,17)11-9(3-1-5-18-11)7-20-13-10-4-2-6-19-12(10)21-8-22-13/h3-8H,9H2,1-2H3,(H,22,23,24,25);1-6,8H,7H2,(H,19,20,21,22). The topological polar surface area (TPSA) is 118 Å². The van der Waals surface area contributed by atoms with Gasteiger partial charge in [-0.25, -0.2) is 24.3 Å². The minimum atomic E-state index is -4.65. The van der Waals surface area contributed by atoms with E-state index in [0.29, 0.717) is 33.8 Å². The van der Waals surface area contributed by atoms with E-state index in [2.05, 4.69) is 45.5 Å². The first kappa shape index (κ1) is 33.6. The van der Waals surface area contributed by atoms with Gasteiger partial charge in [-0.1, -0.05) is 12.1 Å². The number of aromatic nitrogens is 7. The lowest BCUT2D eigenvalue weighted by Crippen LogP contribution is -2.16. The molecule has 0 spiro atoms.